The number of likely N-dealkylation sites (N-methyl/N-ethyl adjacent to an activating group) is 1. The van der Waals surface area contributed by atoms with Crippen LogP contribution in [0.4, 0.5) is 4.39 Å². The Hall–Kier alpha value is -3.71. The second kappa shape index (κ2) is 21.7. The second-order valence-electron chi connectivity index (χ2n) is 10.5. The number of benzene rings is 2. The van der Waals surface area contributed by atoms with E-state index >= 15 is 0 Å². The summed E-state index contributed by atoms with van der Waals surface area (Å²) in [5.74, 6) is -0.0952. The van der Waals surface area contributed by atoms with Gasteiger partial charge in [0.15, 0.2) is 0 Å². The van der Waals surface area contributed by atoms with Crippen molar-refractivity contribution in [1.82, 2.24) is 19.4 Å². The number of amides is 1. The average Bonchev–Trinajstić information content (AvgIpc) is 3.01. The van der Waals surface area contributed by atoms with Crippen molar-refractivity contribution in [2.75, 3.05) is 33.3 Å². The molecule has 0 spiro atoms. The number of aromatic nitrogens is 2. The summed E-state index contributed by atoms with van der Waals surface area (Å²) in [5, 5.41) is 0.946. The monoisotopic (exact) mass is 796 g/mol. The maximum absolute atomic E-state index is 14.1. The molecule has 4 aromatic rings. The van der Waals surface area contributed by atoms with Gasteiger partial charge >= 0.3 is 23.5 Å². The molecule has 0 bridgehead atoms. The van der Waals surface area contributed by atoms with E-state index < -0.39 is 29.3 Å². The molecule has 2 heterocycles. The topological polar surface area (TPSA) is 301 Å². The molecule has 4 rings (SSSR count). The van der Waals surface area contributed by atoms with Crippen LogP contribution in [0.1, 0.15) is 22.3 Å². The Balaban J connectivity index is 0.000000760. The molecule has 2 aromatic carbocycles. The van der Waals surface area contributed by atoms with Crippen LogP contribution in [0.25, 0.3) is 10.9 Å². The molecule has 0 aliphatic rings. The minimum atomic E-state index is -4.64. The Morgan fingerprint density at radius 1 is 0.808 bits per heavy atom. The highest BCUT2D eigenvalue weighted by Gasteiger charge is 2.17. The number of fused-ring (bicyclic) bond motifs is 1. The molecule has 288 valence electrons. The molecule has 0 saturated carbocycles. The number of rotatable bonds is 11. The van der Waals surface area contributed by atoms with Crippen molar-refractivity contribution in [3.63, 3.8) is 0 Å². The lowest BCUT2D eigenvalue weighted by atomic mass is 10.2. The van der Waals surface area contributed by atoms with Crippen LogP contribution >= 0.6 is 23.5 Å². The first-order valence-corrected chi connectivity index (χ1v) is 19.3. The third-order valence-electron chi connectivity index (χ3n) is 6.34. The lowest BCUT2D eigenvalue weighted by molar-refractivity contribution is 0.0769. The van der Waals surface area contributed by atoms with Crippen LogP contribution in [0.2, 0.25) is 0 Å². The Morgan fingerprint density at radius 2 is 1.37 bits per heavy atom. The van der Waals surface area contributed by atoms with Gasteiger partial charge in [0, 0.05) is 64.1 Å². The fraction of sp³-hybridized carbons (Fsp3) is 0.276. The smallest absolute Gasteiger partial charge is 0.466 e. The van der Waals surface area contributed by atoms with Crippen LogP contribution in [0.15, 0.2) is 83.9 Å². The summed E-state index contributed by atoms with van der Waals surface area (Å²) >= 11 is 0. The first kappa shape index (κ1) is 46.3. The third kappa shape index (κ3) is 22.3. The van der Waals surface area contributed by atoms with E-state index in [4.69, 9.17) is 62.5 Å². The number of carbonyl (C=O) groups excluding carboxylic acids is 1. The number of pyridine rings is 2. The van der Waals surface area contributed by atoms with Gasteiger partial charge in [0.25, 0.3) is 11.5 Å². The summed E-state index contributed by atoms with van der Waals surface area (Å²) in [6.07, 6.45) is 4.31. The number of carbonyl (C=O) groups is 1. The summed E-state index contributed by atoms with van der Waals surface area (Å²) in [6, 6.07) is 19.1. The van der Waals surface area contributed by atoms with Crippen LogP contribution in [0.3, 0.4) is 0 Å². The molecular weight excluding hydrogens is 756 g/mol. The number of halogens is 1. The molecule has 0 atom stereocenters. The molecular formula is C29H40FN4O15P3. The number of nitrogens with zero attached hydrogens (tertiary/aromatic N) is 4. The SMILES string of the molecule is CN(CCN(CCCOc1ccc2c(ccc(=O)n2C)c1)Cc1ccncc1)C(=O)c1ccccc1F.O=P(O)(O)O.O=P(O)(O)O.O=P(O)(O)O. The van der Waals surface area contributed by atoms with Crippen molar-refractivity contribution >= 4 is 40.3 Å². The first-order valence-electron chi connectivity index (χ1n) is 14.6. The van der Waals surface area contributed by atoms with Gasteiger partial charge in [0.1, 0.15) is 11.6 Å². The summed E-state index contributed by atoms with van der Waals surface area (Å²) in [6.45, 7) is 3.07. The Kier molecular flexibility index (Phi) is 19.4. The van der Waals surface area contributed by atoms with E-state index in [1.807, 2.05) is 30.3 Å². The van der Waals surface area contributed by atoms with Crippen molar-refractivity contribution in [3.8, 4) is 5.75 Å². The number of hydrogen-bond donors (Lipinski definition) is 9. The van der Waals surface area contributed by atoms with Crippen LogP contribution < -0.4 is 10.3 Å². The zero-order chi connectivity index (χ0) is 39.7. The Labute approximate surface area is 296 Å². The van der Waals surface area contributed by atoms with E-state index in [0.29, 0.717) is 26.2 Å². The molecule has 0 aliphatic carbocycles. The van der Waals surface area contributed by atoms with Gasteiger partial charge in [-0.05, 0) is 60.5 Å². The van der Waals surface area contributed by atoms with Gasteiger partial charge in [-0.15, -0.1) is 0 Å². The van der Waals surface area contributed by atoms with Gasteiger partial charge in [-0.3, -0.25) is 19.5 Å². The summed E-state index contributed by atoms with van der Waals surface area (Å²) in [5.41, 5.74) is 2.02. The lowest BCUT2D eigenvalue weighted by Crippen LogP contribution is -2.37. The Bertz CT molecular complexity index is 1850. The van der Waals surface area contributed by atoms with Gasteiger partial charge in [0.05, 0.1) is 17.7 Å². The van der Waals surface area contributed by atoms with Crippen molar-refractivity contribution in [1.29, 1.82) is 0 Å². The molecule has 52 heavy (non-hydrogen) atoms. The molecule has 0 aliphatic heterocycles. The molecule has 0 radical (unpaired) electrons. The van der Waals surface area contributed by atoms with E-state index in [9.17, 15) is 14.0 Å². The number of hydrogen-bond acceptors (Lipinski definition) is 8. The van der Waals surface area contributed by atoms with Crippen molar-refractivity contribution in [2.24, 2.45) is 7.05 Å². The van der Waals surface area contributed by atoms with E-state index in [1.54, 1.807) is 60.2 Å². The fourth-order valence-electron chi connectivity index (χ4n) is 4.18. The van der Waals surface area contributed by atoms with Gasteiger partial charge in [0.2, 0.25) is 0 Å². The van der Waals surface area contributed by atoms with Crippen molar-refractivity contribution in [3.05, 3.63) is 106 Å². The predicted molar refractivity (Wildman–Crippen MR) is 185 cm³/mol. The highest BCUT2D eigenvalue weighted by atomic mass is 31.2. The highest BCUT2D eigenvalue weighted by Crippen LogP contribution is 2.27. The molecule has 2 aromatic heterocycles. The zero-order valence-corrected chi connectivity index (χ0v) is 30.4. The normalized spacial score (nSPS) is 11.3. The van der Waals surface area contributed by atoms with Crippen LogP contribution in [-0.4, -0.2) is 103 Å². The fourth-order valence-corrected chi connectivity index (χ4v) is 4.18. The van der Waals surface area contributed by atoms with E-state index in [1.165, 1.54) is 12.1 Å². The van der Waals surface area contributed by atoms with E-state index in [2.05, 4.69) is 9.88 Å². The van der Waals surface area contributed by atoms with Crippen LogP contribution in [0, 0.1) is 5.82 Å². The zero-order valence-electron chi connectivity index (χ0n) is 27.7. The largest absolute Gasteiger partial charge is 0.494 e. The van der Waals surface area contributed by atoms with E-state index in [0.717, 1.165) is 35.2 Å². The van der Waals surface area contributed by atoms with Gasteiger partial charge in [-0.1, -0.05) is 12.1 Å². The summed E-state index contributed by atoms with van der Waals surface area (Å²) in [4.78, 5) is 97.1. The summed E-state index contributed by atoms with van der Waals surface area (Å²) in [7, 11) is -10.5. The molecule has 1 amide bonds. The van der Waals surface area contributed by atoms with Crippen molar-refractivity contribution < 1.29 is 71.7 Å². The van der Waals surface area contributed by atoms with Crippen molar-refractivity contribution in [2.45, 2.75) is 13.0 Å². The average molecular weight is 797 g/mol. The van der Waals surface area contributed by atoms with Gasteiger partial charge < -0.3 is 58.2 Å². The summed E-state index contributed by atoms with van der Waals surface area (Å²) < 4.78 is 48.3. The standard InChI is InChI=1S/C29H31FN4O3.3H3O4P/c1-32(29(36)25-6-3-4-7-26(25)30)17-18-34(21-22-12-14-31-15-13-22)16-5-19-37-24-9-10-27-23(20-24)8-11-28(35)33(27)2;3*1-5(2,3)4/h3-4,6-15,20H,5,16-19,21H2,1-2H3;3*(H3,1,2,3,4). The molecule has 0 fully saturated rings. The van der Waals surface area contributed by atoms with Crippen LogP contribution in [-0.2, 0) is 27.3 Å². The quantitative estimate of drug-likeness (QED) is 0.0764. The third-order valence-corrected chi connectivity index (χ3v) is 6.34. The van der Waals surface area contributed by atoms with Crippen LogP contribution in [0.5, 0.6) is 5.75 Å². The maximum atomic E-state index is 14.1. The molecule has 9 N–H and O–H groups in total. The molecule has 0 saturated heterocycles. The first-order chi connectivity index (χ1) is 23.9. The number of phosphoric acid groups is 3. The van der Waals surface area contributed by atoms with Gasteiger partial charge in [-0.2, -0.15) is 0 Å². The Morgan fingerprint density at radius 3 is 1.92 bits per heavy atom. The molecule has 0 unspecified atom stereocenters. The predicted octanol–water partition coefficient (Wildman–Crippen LogP) is 1.33. The molecule has 23 heteroatoms. The molecule has 19 nitrogen and oxygen atoms in total. The lowest BCUT2D eigenvalue weighted by Gasteiger charge is -2.26. The van der Waals surface area contributed by atoms with Gasteiger partial charge in [-0.25, -0.2) is 18.1 Å². The second-order valence-corrected chi connectivity index (χ2v) is 13.6. The minimum absolute atomic E-state index is 0.0447. The minimum Gasteiger partial charge on any atom is -0.494 e. The maximum Gasteiger partial charge on any atom is 0.466 e. The number of ether oxygens (including phenoxy) is 1. The highest BCUT2D eigenvalue weighted by molar-refractivity contribution is 7.45. The number of aryl methyl sites for hydroxylation is 1. The van der Waals surface area contributed by atoms with E-state index in [-0.39, 0.29) is 17.0 Å².